The van der Waals surface area contributed by atoms with Crippen LogP contribution in [0.25, 0.3) is 0 Å². The van der Waals surface area contributed by atoms with E-state index in [-0.39, 0.29) is 5.91 Å². The number of carbonyl (C=O) groups excluding carboxylic acids is 1. The average molecular weight is 276 g/mol. The lowest BCUT2D eigenvalue weighted by Gasteiger charge is -2.15. The predicted octanol–water partition coefficient (Wildman–Crippen LogP) is 2.15. The second kappa shape index (κ2) is 5.92. The largest absolute Gasteiger partial charge is 0.457 e. The van der Waals surface area contributed by atoms with Crippen LogP contribution in [0.2, 0.25) is 0 Å². The molecule has 0 saturated heterocycles. The number of hydrogen-bond acceptors (Lipinski definition) is 3. The predicted molar refractivity (Wildman–Crippen MR) is 59.9 cm³/mol. The second-order valence-electron chi connectivity index (χ2n) is 3.03. The lowest BCUT2D eigenvalue weighted by atomic mass is 10.3. The van der Waals surface area contributed by atoms with Crippen molar-refractivity contribution in [1.29, 1.82) is 0 Å². The summed E-state index contributed by atoms with van der Waals surface area (Å²) in [7, 11) is 1.74. The van der Waals surface area contributed by atoms with Crippen LogP contribution in [-0.4, -0.2) is 37.6 Å². The number of hydrogen-bond donors (Lipinski definition) is 0. The molecule has 5 heteroatoms. The summed E-state index contributed by atoms with van der Waals surface area (Å²) in [5, 5.41) is 0. The highest BCUT2D eigenvalue weighted by Gasteiger charge is 2.16. The molecule has 84 valence electrons. The molecule has 0 aromatic carbocycles. The van der Waals surface area contributed by atoms with Crippen molar-refractivity contribution in [3.05, 3.63) is 22.6 Å². The number of carbonyl (C=O) groups is 1. The minimum atomic E-state index is -0.0738. The first-order valence-corrected chi connectivity index (χ1v) is 5.52. The molecule has 0 unspecified atom stereocenters. The van der Waals surface area contributed by atoms with Crippen LogP contribution in [0.15, 0.2) is 21.4 Å². The summed E-state index contributed by atoms with van der Waals surface area (Å²) in [5.41, 5.74) is 0.536. The van der Waals surface area contributed by atoms with E-state index in [2.05, 4.69) is 15.9 Å². The van der Waals surface area contributed by atoms with Crippen LogP contribution in [0.5, 0.6) is 0 Å². The van der Waals surface area contributed by atoms with Gasteiger partial charge in [0.1, 0.15) is 0 Å². The third-order valence-electron chi connectivity index (χ3n) is 1.97. The molecule has 1 aromatic heterocycles. The van der Waals surface area contributed by atoms with Gasteiger partial charge in [-0.15, -0.1) is 0 Å². The maximum Gasteiger partial charge on any atom is 0.258 e. The van der Waals surface area contributed by atoms with Crippen molar-refractivity contribution >= 4 is 21.8 Å². The summed E-state index contributed by atoms with van der Waals surface area (Å²) in [6.07, 6.45) is 1.48. The summed E-state index contributed by atoms with van der Waals surface area (Å²) in [6, 6.07) is 1.64. The molecule has 1 rings (SSSR count). The van der Waals surface area contributed by atoms with Gasteiger partial charge >= 0.3 is 0 Å². The smallest absolute Gasteiger partial charge is 0.258 e. The molecule has 0 spiro atoms. The normalized spacial score (nSPS) is 10.3. The van der Waals surface area contributed by atoms with Crippen LogP contribution in [0.1, 0.15) is 17.3 Å². The Labute approximate surface area is 97.3 Å². The molecule has 1 heterocycles. The highest BCUT2D eigenvalue weighted by atomic mass is 79.9. The van der Waals surface area contributed by atoms with Crippen molar-refractivity contribution in [1.82, 2.24) is 4.90 Å². The van der Waals surface area contributed by atoms with Crippen molar-refractivity contribution in [2.45, 2.75) is 6.92 Å². The highest BCUT2D eigenvalue weighted by molar-refractivity contribution is 9.10. The molecule has 0 aliphatic heterocycles. The van der Waals surface area contributed by atoms with Crippen LogP contribution in [-0.2, 0) is 4.74 Å². The van der Waals surface area contributed by atoms with Gasteiger partial charge in [0.15, 0.2) is 4.67 Å². The molecular weight excluding hydrogens is 262 g/mol. The zero-order valence-electron chi connectivity index (χ0n) is 8.83. The quantitative estimate of drug-likeness (QED) is 0.774. The average Bonchev–Trinajstić information content (AvgIpc) is 2.63. The molecular formula is C10H14BrNO3. The van der Waals surface area contributed by atoms with Gasteiger partial charge in [-0.25, -0.2) is 0 Å². The molecule has 15 heavy (non-hydrogen) atoms. The minimum absolute atomic E-state index is 0.0738. The van der Waals surface area contributed by atoms with Crippen molar-refractivity contribution in [2.75, 3.05) is 26.8 Å². The van der Waals surface area contributed by atoms with E-state index >= 15 is 0 Å². The Morgan fingerprint density at radius 3 is 2.93 bits per heavy atom. The van der Waals surface area contributed by atoms with Gasteiger partial charge in [-0.1, -0.05) is 0 Å². The third-order valence-corrected chi connectivity index (χ3v) is 2.58. The fourth-order valence-electron chi connectivity index (χ4n) is 1.10. The third kappa shape index (κ3) is 3.35. The van der Waals surface area contributed by atoms with Crippen molar-refractivity contribution in [2.24, 2.45) is 0 Å². The van der Waals surface area contributed by atoms with Gasteiger partial charge in [0.2, 0.25) is 0 Å². The maximum absolute atomic E-state index is 11.8. The van der Waals surface area contributed by atoms with Gasteiger partial charge in [-0.05, 0) is 28.9 Å². The monoisotopic (exact) mass is 275 g/mol. The summed E-state index contributed by atoms with van der Waals surface area (Å²) in [4.78, 5) is 13.4. The van der Waals surface area contributed by atoms with E-state index in [1.807, 2.05) is 6.92 Å². The molecule has 0 atom stereocenters. The van der Waals surface area contributed by atoms with E-state index in [1.165, 1.54) is 6.26 Å². The van der Waals surface area contributed by atoms with E-state index in [9.17, 15) is 4.79 Å². The van der Waals surface area contributed by atoms with Gasteiger partial charge in [0.25, 0.3) is 5.91 Å². The Hall–Kier alpha value is -0.810. The zero-order chi connectivity index (χ0) is 11.3. The molecule has 0 saturated carbocycles. The second-order valence-corrected chi connectivity index (χ2v) is 3.75. The Morgan fingerprint density at radius 2 is 2.40 bits per heavy atom. The topological polar surface area (TPSA) is 42.7 Å². The van der Waals surface area contributed by atoms with Gasteiger partial charge in [-0.2, -0.15) is 0 Å². The number of ether oxygens (including phenoxy) is 1. The summed E-state index contributed by atoms with van der Waals surface area (Å²) >= 11 is 3.17. The lowest BCUT2D eigenvalue weighted by molar-refractivity contribution is 0.0708. The van der Waals surface area contributed by atoms with Crippen molar-refractivity contribution in [3.8, 4) is 0 Å². The molecule has 0 aliphatic carbocycles. The van der Waals surface area contributed by atoms with Gasteiger partial charge in [0.05, 0.1) is 18.4 Å². The van der Waals surface area contributed by atoms with E-state index in [1.54, 1.807) is 18.0 Å². The molecule has 4 nitrogen and oxygen atoms in total. The Bertz CT molecular complexity index is 324. The standard InChI is InChI=1S/C10H14BrNO3/c1-3-14-7-5-12(2)10(13)8-4-6-15-9(8)11/h4,6H,3,5,7H2,1-2H3. The van der Waals surface area contributed by atoms with Gasteiger partial charge < -0.3 is 14.1 Å². The van der Waals surface area contributed by atoms with E-state index in [0.29, 0.717) is 30.0 Å². The minimum Gasteiger partial charge on any atom is -0.457 e. The SMILES string of the molecule is CCOCCN(C)C(=O)c1ccoc1Br. The highest BCUT2D eigenvalue weighted by Crippen LogP contribution is 2.18. The Kier molecular flexibility index (Phi) is 4.84. The molecule has 1 amide bonds. The van der Waals surface area contributed by atoms with E-state index in [4.69, 9.17) is 9.15 Å². The van der Waals surface area contributed by atoms with E-state index < -0.39 is 0 Å². The van der Waals surface area contributed by atoms with Gasteiger partial charge in [0, 0.05) is 20.2 Å². The zero-order valence-corrected chi connectivity index (χ0v) is 10.4. The number of likely N-dealkylation sites (N-methyl/N-ethyl adjacent to an activating group) is 1. The summed E-state index contributed by atoms with van der Waals surface area (Å²) < 4.78 is 10.6. The summed E-state index contributed by atoms with van der Waals surface area (Å²) in [5.74, 6) is -0.0738. The van der Waals surface area contributed by atoms with Gasteiger partial charge in [-0.3, -0.25) is 4.79 Å². The van der Waals surface area contributed by atoms with Crippen LogP contribution in [0, 0.1) is 0 Å². The number of nitrogens with zero attached hydrogens (tertiary/aromatic N) is 1. The molecule has 0 radical (unpaired) electrons. The fraction of sp³-hybridized carbons (Fsp3) is 0.500. The van der Waals surface area contributed by atoms with E-state index in [0.717, 1.165) is 0 Å². The van der Waals surface area contributed by atoms with Crippen molar-refractivity contribution < 1.29 is 13.9 Å². The molecule has 0 N–H and O–H groups in total. The lowest BCUT2D eigenvalue weighted by Crippen LogP contribution is -2.30. The number of furan rings is 1. The molecule has 1 aromatic rings. The van der Waals surface area contributed by atoms with Crippen molar-refractivity contribution in [3.63, 3.8) is 0 Å². The first kappa shape index (κ1) is 12.3. The van der Waals surface area contributed by atoms with Crippen LogP contribution < -0.4 is 0 Å². The fourth-order valence-corrected chi connectivity index (χ4v) is 1.51. The first-order valence-electron chi connectivity index (χ1n) is 4.73. The van der Waals surface area contributed by atoms with Crippen LogP contribution in [0.4, 0.5) is 0 Å². The Balaban J connectivity index is 2.50. The number of amides is 1. The molecule has 0 fully saturated rings. The number of halogens is 1. The summed E-state index contributed by atoms with van der Waals surface area (Å²) in [6.45, 7) is 3.71. The molecule has 0 bridgehead atoms. The molecule has 0 aliphatic rings. The number of rotatable bonds is 5. The Morgan fingerprint density at radius 1 is 1.67 bits per heavy atom. The van der Waals surface area contributed by atoms with Crippen LogP contribution in [0.3, 0.4) is 0 Å². The first-order chi connectivity index (χ1) is 7.16. The maximum atomic E-state index is 11.8. The van der Waals surface area contributed by atoms with Crippen LogP contribution >= 0.6 is 15.9 Å².